The number of rotatable bonds is 23. The SMILES string of the molecule is C.CCCCN1CC(c2nc3ccccc3n2CCCCOc2c(C)cccc2C)CC1=O.CCOC(=O)c1ccc2c(c1)nc(C1CCN(S(=O)(=O)c3cccs3)CC1)n2CC.CCOc1ccccc1N1CC(c2nc3ccccc3n2CCC2CCCCC2)CC1=O. The largest absolute Gasteiger partial charge is 0.493 e. The van der Waals surface area contributed by atoms with E-state index in [9.17, 15) is 22.8 Å². The summed E-state index contributed by atoms with van der Waals surface area (Å²) in [6, 6.07) is 39.7. The van der Waals surface area contributed by atoms with Crippen LogP contribution in [0.1, 0.15) is 182 Å². The molecule has 3 aliphatic heterocycles. The lowest BCUT2D eigenvalue weighted by molar-refractivity contribution is -0.127. The summed E-state index contributed by atoms with van der Waals surface area (Å²) in [5.41, 5.74) is 9.90. The van der Waals surface area contributed by atoms with Crippen LogP contribution in [-0.4, -0.2) is 117 Å². The van der Waals surface area contributed by atoms with Gasteiger partial charge in [0.2, 0.25) is 11.8 Å². The molecule has 7 heterocycles. The number of unbranched alkanes of at least 4 members (excludes halogenated alkanes) is 2. The van der Waals surface area contributed by atoms with Gasteiger partial charge in [0, 0.05) is 83.0 Å². The van der Waals surface area contributed by atoms with Crippen LogP contribution < -0.4 is 14.4 Å². The first kappa shape index (κ1) is 69.9. The minimum Gasteiger partial charge on any atom is -0.493 e. The molecule has 0 N–H and O–H groups in total. The Morgan fingerprint density at radius 3 is 1.89 bits per heavy atom. The summed E-state index contributed by atoms with van der Waals surface area (Å²) >= 11 is 1.25. The second kappa shape index (κ2) is 32.7. The van der Waals surface area contributed by atoms with Crippen LogP contribution in [0.3, 0.4) is 0 Å². The maximum Gasteiger partial charge on any atom is 0.338 e. The fourth-order valence-electron chi connectivity index (χ4n) is 14.2. The average Bonchev–Trinajstić information content (AvgIpc) is 1.77. The number of esters is 1. The van der Waals surface area contributed by atoms with E-state index in [1.807, 2.05) is 53.1 Å². The van der Waals surface area contributed by atoms with Crippen LogP contribution in [0.5, 0.6) is 11.5 Å². The highest BCUT2D eigenvalue weighted by Gasteiger charge is 2.38. The number of hydrogen-bond donors (Lipinski definition) is 0. The maximum absolute atomic E-state index is 13.1. The number of carbonyl (C=O) groups is 3. The van der Waals surface area contributed by atoms with Crippen LogP contribution in [0.25, 0.3) is 33.1 Å². The molecule has 2 amide bonds. The molecular weight excluding hydrogens is 1230 g/mol. The molecule has 0 radical (unpaired) electrons. The van der Waals surface area contributed by atoms with Gasteiger partial charge in [-0.05, 0) is 156 Å². The molecule has 3 saturated heterocycles. The van der Waals surface area contributed by atoms with E-state index in [1.54, 1.807) is 40.9 Å². The number of benzene rings is 5. The predicted molar refractivity (Wildman–Crippen MR) is 381 cm³/mol. The van der Waals surface area contributed by atoms with E-state index in [0.717, 1.165) is 139 Å². The summed E-state index contributed by atoms with van der Waals surface area (Å²) in [6.07, 6.45) is 14.7. The first-order chi connectivity index (χ1) is 45.8. The van der Waals surface area contributed by atoms with Gasteiger partial charge in [-0.3, -0.25) is 9.59 Å². The number of hydrogen-bond acceptors (Lipinski definition) is 12. The lowest BCUT2D eigenvalue weighted by Gasteiger charge is -2.30. The van der Waals surface area contributed by atoms with Crippen molar-refractivity contribution in [3.8, 4) is 11.5 Å². The number of ether oxygens (including phenoxy) is 3. The number of sulfonamides is 1. The van der Waals surface area contributed by atoms with Gasteiger partial charge in [0.1, 0.15) is 33.2 Å². The van der Waals surface area contributed by atoms with Crippen LogP contribution in [0.2, 0.25) is 0 Å². The van der Waals surface area contributed by atoms with Crippen molar-refractivity contribution >= 4 is 77.9 Å². The number of carbonyl (C=O) groups excluding carboxylic acids is 3. The van der Waals surface area contributed by atoms with Gasteiger partial charge in [-0.1, -0.05) is 114 Å². The van der Waals surface area contributed by atoms with Crippen molar-refractivity contribution in [2.75, 3.05) is 57.4 Å². The van der Waals surface area contributed by atoms with E-state index in [0.29, 0.717) is 62.1 Å². The summed E-state index contributed by atoms with van der Waals surface area (Å²) in [6.45, 7) is 19.7. The predicted octanol–water partition coefficient (Wildman–Crippen LogP) is 16.1. The number of piperidine rings is 1. The fourth-order valence-corrected chi connectivity index (χ4v) is 16.9. The Hall–Kier alpha value is -7.87. The molecule has 13 rings (SSSR count). The van der Waals surface area contributed by atoms with Crippen molar-refractivity contribution in [2.45, 2.75) is 180 Å². The van der Waals surface area contributed by atoms with Crippen LogP contribution in [-0.2, 0) is 44.0 Å². The van der Waals surface area contributed by atoms with Gasteiger partial charge in [-0.2, -0.15) is 4.31 Å². The van der Waals surface area contributed by atoms with E-state index in [4.69, 9.17) is 29.2 Å². The van der Waals surface area contributed by atoms with Crippen LogP contribution >= 0.6 is 11.3 Å². The zero-order chi connectivity index (χ0) is 65.7. The fraction of sp³-hybridized carbons (Fsp3) is 0.474. The second-order valence-electron chi connectivity index (χ2n) is 25.4. The molecule has 4 aliphatic rings. The first-order valence-electron chi connectivity index (χ1n) is 34.4. The van der Waals surface area contributed by atoms with Crippen molar-refractivity contribution in [3.05, 3.63) is 161 Å². The molecule has 1 saturated carbocycles. The Balaban J connectivity index is 0.000000155. The summed E-state index contributed by atoms with van der Waals surface area (Å²) in [5.74, 6) is 6.20. The number of amides is 2. The van der Waals surface area contributed by atoms with E-state index in [2.05, 4.69) is 102 Å². The summed E-state index contributed by atoms with van der Waals surface area (Å²) < 4.78 is 51.4. The molecule has 4 aromatic heterocycles. The molecule has 2 unspecified atom stereocenters. The Labute approximate surface area is 565 Å². The number of likely N-dealkylation sites (tertiary alicyclic amines) is 1. The zero-order valence-electron chi connectivity index (χ0n) is 55.7. The summed E-state index contributed by atoms with van der Waals surface area (Å²) in [5, 5.41) is 1.79. The molecule has 4 fully saturated rings. The highest BCUT2D eigenvalue weighted by atomic mass is 32.2. The third-order valence-corrected chi connectivity index (χ3v) is 22.4. The molecule has 0 bridgehead atoms. The van der Waals surface area contributed by atoms with Gasteiger partial charge in [-0.25, -0.2) is 28.2 Å². The molecule has 95 heavy (non-hydrogen) atoms. The van der Waals surface area contributed by atoms with E-state index >= 15 is 0 Å². The van der Waals surface area contributed by atoms with Crippen LogP contribution in [0.4, 0.5) is 5.69 Å². The number of nitrogens with zero attached hydrogens (tertiary/aromatic N) is 9. The van der Waals surface area contributed by atoms with Crippen molar-refractivity contribution in [3.63, 3.8) is 0 Å². The van der Waals surface area contributed by atoms with Gasteiger partial charge in [0.25, 0.3) is 10.0 Å². The maximum atomic E-state index is 13.1. The Kier molecular flexibility index (Phi) is 24.1. The van der Waals surface area contributed by atoms with Crippen LogP contribution in [0.15, 0.2) is 131 Å². The molecule has 2 atom stereocenters. The third kappa shape index (κ3) is 16.2. The van der Waals surface area contributed by atoms with Crippen LogP contribution in [0, 0.1) is 19.8 Å². The summed E-state index contributed by atoms with van der Waals surface area (Å²) in [7, 11) is -3.41. The van der Waals surface area contributed by atoms with E-state index in [1.165, 1.54) is 66.5 Å². The topological polar surface area (TPSA) is 176 Å². The minimum absolute atomic E-state index is 0. The number of aromatic nitrogens is 6. The number of para-hydroxylation sites is 7. The third-order valence-electron chi connectivity index (χ3n) is 19.1. The Bertz CT molecular complexity index is 4120. The van der Waals surface area contributed by atoms with Crippen molar-refractivity contribution < 1.29 is 37.0 Å². The monoisotopic (exact) mass is 1330 g/mol. The molecule has 17 nitrogen and oxygen atoms in total. The van der Waals surface area contributed by atoms with E-state index in [-0.39, 0.29) is 43.0 Å². The second-order valence-corrected chi connectivity index (χ2v) is 28.6. The van der Waals surface area contributed by atoms with Crippen molar-refractivity contribution in [1.82, 2.24) is 37.9 Å². The zero-order valence-corrected chi connectivity index (χ0v) is 57.4. The standard InChI is InChI=1S/C27H33N3O2.C27H35N3O2.C21H25N3O4S2.CH4/c1-2-32-25-15-9-8-14-24(25)30-19-21(18-26(30)31)27-28-22-12-6-7-13-23(22)29(27)17-16-20-10-4-3-5-11-20;1-4-5-15-29-19-22(18-25(29)31)27-28-23-13-6-7-14-24(23)30(27)16-8-9-17-32-26-20(2)11-10-12-21(26)3;1-3-24-18-8-7-16(21(25)28-4-2)14-17(18)22-20(24)15-9-11-23(12-10-15)30(26,27)19-6-5-13-29-19;/h6-9,12-15,20-21H,2-5,10-11,16-19H2,1H3;6-7,10-14,22H,4-5,8-9,15-19H2,1-3H3;5-8,13-15H,3-4,9-12H2,1-2H3;1H4. The van der Waals surface area contributed by atoms with Crippen molar-refractivity contribution in [1.29, 1.82) is 0 Å². The molecular formula is C76H97N9O8S2. The Morgan fingerprint density at radius 1 is 0.600 bits per heavy atom. The van der Waals surface area contributed by atoms with Gasteiger partial charge in [-0.15, -0.1) is 11.3 Å². The number of imidazole rings is 3. The molecule has 506 valence electrons. The van der Waals surface area contributed by atoms with Gasteiger partial charge in [0.05, 0.1) is 64.2 Å². The number of anilines is 1. The highest BCUT2D eigenvalue weighted by molar-refractivity contribution is 7.91. The quantitative estimate of drug-likeness (QED) is 0.0440. The molecule has 0 spiro atoms. The lowest BCUT2D eigenvalue weighted by Crippen LogP contribution is -2.38. The van der Waals surface area contributed by atoms with Gasteiger partial charge >= 0.3 is 5.97 Å². The minimum atomic E-state index is -3.41. The molecule has 1 aliphatic carbocycles. The number of fused-ring (bicyclic) bond motifs is 3. The molecule has 19 heteroatoms. The highest BCUT2D eigenvalue weighted by Crippen LogP contribution is 2.39. The number of aryl methyl sites for hydroxylation is 5. The Morgan fingerprint density at radius 2 is 1.23 bits per heavy atom. The smallest absolute Gasteiger partial charge is 0.338 e. The lowest BCUT2D eigenvalue weighted by atomic mass is 9.87. The molecule has 5 aromatic carbocycles. The average molecular weight is 1330 g/mol. The van der Waals surface area contributed by atoms with Gasteiger partial charge < -0.3 is 37.7 Å². The normalized spacial score (nSPS) is 17.2. The first-order valence-corrected chi connectivity index (χ1v) is 36.7. The van der Waals surface area contributed by atoms with E-state index < -0.39 is 10.0 Å². The van der Waals surface area contributed by atoms with Gasteiger partial charge in [0.15, 0.2) is 0 Å². The molecule has 9 aromatic rings. The van der Waals surface area contributed by atoms with Crippen molar-refractivity contribution in [2.24, 2.45) is 5.92 Å². The number of thiophene rings is 1. The summed E-state index contributed by atoms with van der Waals surface area (Å²) in [4.78, 5) is 56.4.